The SMILES string of the molecule is CNCCOc1ccc2sc(NC(=O)/C(=N/O[C@@H]3CCOC3)c3ccc(S(=O)(=O)C4CC4)cc3)nc2n1. The molecule has 0 spiro atoms. The molecule has 3 heterocycles. The molecule has 1 aliphatic carbocycles. The second kappa shape index (κ2) is 11.1. The maximum Gasteiger partial charge on any atom is 0.280 e. The van der Waals surface area contributed by atoms with Crippen LogP contribution in [0.15, 0.2) is 46.4 Å². The number of anilines is 1. The van der Waals surface area contributed by atoms with Crippen LogP contribution in [0, 0.1) is 0 Å². The molecule has 3 aromatic rings. The molecule has 11 nitrogen and oxygen atoms in total. The molecule has 1 saturated carbocycles. The van der Waals surface area contributed by atoms with Crippen LogP contribution in [0.4, 0.5) is 5.13 Å². The zero-order valence-corrected chi connectivity index (χ0v) is 21.8. The van der Waals surface area contributed by atoms with Crippen molar-refractivity contribution in [1.82, 2.24) is 15.3 Å². The molecule has 1 aliphatic heterocycles. The Hall–Kier alpha value is -3.13. The van der Waals surface area contributed by atoms with Crippen molar-refractivity contribution >= 4 is 48.3 Å². The topological polar surface area (TPSA) is 141 Å². The van der Waals surface area contributed by atoms with Crippen LogP contribution >= 0.6 is 11.3 Å². The summed E-state index contributed by atoms with van der Waals surface area (Å²) >= 11 is 1.27. The largest absolute Gasteiger partial charge is 0.476 e. The highest BCUT2D eigenvalue weighted by Gasteiger charge is 2.36. The molecule has 13 heteroatoms. The van der Waals surface area contributed by atoms with Gasteiger partial charge in [-0.3, -0.25) is 10.1 Å². The lowest BCUT2D eigenvalue weighted by atomic mass is 10.1. The van der Waals surface area contributed by atoms with E-state index in [9.17, 15) is 13.2 Å². The van der Waals surface area contributed by atoms with Crippen LogP contribution in [-0.2, 0) is 24.2 Å². The van der Waals surface area contributed by atoms with Gasteiger partial charge in [-0.15, -0.1) is 0 Å². The number of pyridine rings is 1. The van der Waals surface area contributed by atoms with Gasteiger partial charge in [0.1, 0.15) is 6.61 Å². The van der Waals surface area contributed by atoms with E-state index in [0.717, 1.165) is 4.70 Å². The summed E-state index contributed by atoms with van der Waals surface area (Å²) in [6.45, 7) is 2.10. The van der Waals surface area contributed by atoms with Crippen molar-refractivity contribution in [3.05, 3.63) is 42.0 Å². The first-order valence-corrected chi connectivity index (χ1v) is 14.3. The van der Waals surface area contributed by atoms with Crippen LogP contribution in [0.3, 0.4) is 0 Å². The smallest absolute Gasteiger partial charge is 0.280 e. The predicted molar refractivity (Wildman–Crippen MR) is 139 cm³/mol. The maximum absolute atomic E-state index is 13.3. The Morgan fingerprint density at radius 1 is 1.16 bits per heavy atom. The number of hydrogen-bond acceptors (Lipinski definition) is 11. The van der Waals surface area contributed by atoms with E-state index in [1.54, 1.807) is 18.2 Å². The van der Waals surface area contributed by atoms with Gasteiger partial charge in [0.05, 0.1) is 28.1 Å². The van der Waals surface area contributed by atoms with Gasteiger partial charge < -0.3 is 19.6 Å². The van der Waals surface area contributed by atoms with Crippen molar-refractivity contribution in [2.24, 2.45) is 5.16 Å². The van der Waals surface area contributed by atoms with E-state index in [0.29, 0.717) is 67.9 Å². The lowest BCUT2D eigenvalue weighted by Crippen LogP contribution is -2.25. The Balaban J connectivity index is 1.36. The summed E-state index contributed by atoms with van der Waals surface area (Å²) in [6.07, 6.45) is 1.76. The van der Waals surface area contributed by atoms with Crippen molar-refractivity contribution in [2.45, 2.75) is 35.5 Å². The molecule has 5 rings (SSSR count). The number of thiazole rings is 1. The van der Waals surface area contributed by atoms with Crippen molar-refractivity contribution in [3.63, 3.8) is 0 Å². The number of ether oxygens (including phenoxy) is 2. The van der Waals surface area contributed by atoms with Gasteiger partial charge in [-0.05, 0) is 38.1 Å². The number of carbonyl (C=O) groups excluding carboxylic acids is 1. The number of sulfone groups is 1. The van der Waals surface area contributed by atoms with Crippen molar-refractivity contribution in [2.75, 3.05) is 38.7 Å². The molecular weight excluding hydrogens is 518 g/mol. The Bertz CT molecular complexity index is 1400. The normalized spacial score (nSPS) is 18.2. The van der Waals surface area contributed by atoms with E-state index in [4.69, 9.17) is 14.3 Å². The van der Waals surface area contributed by atoms with Gasteiger partial charge in [-0.1, -0.05) is 28.6 Å². The number of oxime groups is 1. The molecule has 2 aromatic heterocycles. The van der Waals surface area contributed by atoms with E-state index in [1.165, 1.54) is 23.5 Å². The number of nitrogens with one attached hydrogen (secondary N) is 2. The highest BCUT2D eigenvalue weighted by Crippen LogP contribution is 2.33. The number of fused-ring (bicyclic) bond motifs is 1. The Kier molecular flexibility index (Phi) is 7.65. The van der Waals surface area contributed by atoms with Gasteiger partial charge in [0.2, 0.25) is 5.88 Å². The van der Waals surface area contributed by atoms with Crippen LogP contribution in [0.25, 0.3) is 10.3 Å². The highest BCUT2D eigenvalue weighted by molar-refractivity contribution is 7.92. The fraction of sp³-hybridized carbons (Fsp3) is 0.417. The number of rotatable bonds is 11. The molecule has 2 N–H and O–H groups in total. The predicted octanol–water partition coefficient (Wildman–Crippen LogP) is 2.37. The maximum atomic E-state index is 13.3. The summed E-state index contributed by atoms with van der Waals surface area (Å²) in [6, 6.07) is 9.72. The Labute approximate surface area is 218 Å². The monoisotopic (exact) mass is 545 g/mol. The third kappa shape index (κ3) is 6.06. The number of benzene rings is 1. The van der Waals surface area contributed by atoms with E-state index in [2.05, 4.69) is 25.8 Å². The lowest BCUT2D eigenvalue weighted by Gasteiger charge is -2.10. The average Bonchev–Trinajstić information content (AvgIpc) is 3.50. The summed E-state index contributed by atoms with van der Waals surface area (Å²) in [5.74, 6) is -0.0946. The van der Waals surface area contributed by atoms with E-state index < -0.39 is 15.7 Å². The summed E-state index contributed by atoms with van der Waals surface area (Å²) in [7, 11) is -1.51. The average molecular weight is 546 g/mol. The van der Waals surface area contributed by atoms with Crippen molar-refractivity contribution < 1.29 is 27.5 Å². The summed E-state index contributed by atoms with van der Waals surface area (Å²) in [5.41, 5.74) is 0.880. The fourth-order valence-electron chi connectivity index (χ4n) is 3.67. The molecule has 0 unspecified atom stereocenters. The quantitative estimate of drug-likeness (QED) is 0.211. The molecule has 1 saturated heterocycles. The molecule has 1 aromatic carbocycles. The first-order chi connectivity index (χ1) is 17.9. The Morgan fingerprint density at radius 2 is 1.97 bits per heavy atom. The number of likely N-dealkylation sites (N-methyl/N-ethyl adjacent to an activating group) is 1. The van der Waals surface area contributed by atoms with Crippen molar-refractivity contribution in [3.8, 4) is 5.88 Å². The van der Waals surface area contributed by atoms with Crippen LogP contribution in [-0.4, -0.2) is 74.8 Å². The van der Waals surface area contributed by atoms with E-state index in [1.807, 2.05) is 13.1 Å². The first-order valence-electron chi connectivity index (χ1n) is 12.0. The van der Waals surface area contributed by atoms with Gasteiger partial charge >= 0.3 is 0 Å². The lowest BCUT2D eigenvalue weighted by molar-refractivity contribution is -0.110. The summed E-state index contributed by atoms with van der Waals surface area (Å²) in [5, 5.41) is 9.92. The van der Waals surface area contributed by atoms with Gasteiger partial charge in [0.25, 0.3) is 5.91 Å². The van der Waals surface area contributed by atoms with Crippen LogP contribution in [0.5, 0.6) is 5.88 Å². The number of aromatic nitrogens is 2. The zero-order valence-electron chi connectivity index (χ0n) is 20.2. The van der Waals surface area contributed by atoms with Crippen LogP contribution < -0.4 is 15.4 Å². The van der Waals surface area contributed by atoms with Crippen LogP contribution in [0.1, 0.15) is 24.8 Å². The second-order valence-corrected chi connectivity index (χ2v) is 12.0. The minimum atomic E-state index is -3.35. The Morgan fingerprint density at radius 3 is 2.68 bits per heavy atom. The number of amides is 1. The van der Waals surface area contributed by atoms with Gasteiger partial charge in [-0.2, -0.15) is 9.97 Å². The molecule has 37 heavy (non-hydrogen) atoms. The number of carbonyl (C=O) groups is 1. The number of nitrogens with zero attached hydrogens (tertiary/aromatic N) is 3. The van der Waals surface area contributed by atoms with Crippen molar-refractivity contribution in [1.29, 1.82) is 0 Å². The van der Waals surface area contributed by atoms with E-state index >= 15 is 0 Å². The molecule has 196 valence electrons. The summed E-state index contributed by atoms with van der Waals surface area (Å²) in [4.78, 5) is 27.9. The standard InChI is InChI=1S/C24H27N5O6S2/c1-25-11-13-34-20-9-8-19-22(26-20)27-24(36-19)28-23(30)21(29-35-16-10-12-33-14-16)15-2-4-17(5-3-15)37(31,32)18-6-7-18/h2-5,8-9,16,18,25H,6-7,10-14H2,1H3,(H,26,27,28,30)/b29-21+/t16-/m1/s1. The third-order valence-corrected chi connectivity index (χ3v) is 9.07. The van der Waals surface area contributed by atoms with Gasteiger partial charge in [-0.25, -0.2) is 8.42 Å². The first kappa shape index (κ1) is 25.5. The molecule has 2 aliphatic rings. The summed E-state index contributed by atoms with van der Waals surface area (Å²) < 4.78 is 36.8. The zero-order chi connectivity index (χ0) is 25.8. The second-order valence-electron chi connectivity index (χ2n) is 8.70. The van der Waals surface area contributed by atoms with E-state index in [-0.39, 0.29) is 22.0 Å². The minimum absolute atomic E-state index is 0.00516. The molecule has 1 amide bonds. The minimum Gasteiger partial charge on any atom is -0.476 e. The number of hydrogen-bond donors (Lipinski definition) is 2. The molecule has 0 radical (unpaired) electrons. The molecule has 0 bridgehead atoms. The molecule has 1 atom stereocenters. The van der Waals surface area contributed by atoms with Crippen LogP contribution in [0.2, 0.25) is 0 Å². The van der Waals surface area contributed by atoms with Gasteiger partial charge in [0, 0.05) is 24.6 Å². The fourth-order valence-corrected chi connectivity index (χ4v) is 6.13. The highest BCUT2D eigenvalue weighted by atomic mass is 32.2. The molecule has 2 fully saturated rings. The third-order valence-electron chi connectivity index (χ3n) is 5.87. The molecular formula is C24H27N5O6S2. The van der Waals surface area contributed by atoms with Gasteiger partial charge in [0.15, 0.2) is 32.4 Å².